The average molecular weight is 219 g/mol. The van der Waals surface area contributed by atoms with E-state index in [0.29, 0.717) is 12.1 Å². The van der Waals surface area contributed by atoms with E-state index in [1.165, 1.54) is 11.7 Å². The standard InChI is InChI=1S/C9H12F3N3/c1-15-6(5-8(13)2-3-8)4-7(14-15)9(10,11)12/h4H,2-3,5,13H2,1H3. The van der Waals surface area contributed by atoms with Crippen LogP contribution in [0, 0.1) is 0 Å². The molecule has 84 valence electrons. The van der Waals surface area contributed by atoms with E-state index in [-0.39, 0.29) is 5.54 Å². The van der Waals surface area contributed by atoms with Gasteiger partial charge in [-0.05, 0) is 18.9 Å². The minimum Gasteiger partial charge on any atom is -0.325 e. The van der Waals surface area contributed by atoms with E-state index in [1.54, 1.807) is 0 Å². The molecule has 1 aliphatic rings. The van der Waals surface area contributed by atoms with Crippen molar-refractivity contribution in [2.75, 3.05) is 0 Å². The second kappa shape index (κ2) is 2.98. The molecule has 3 nitrogen and oxygen atoms in total. The molecule has 2 N–H and O–H groups in total. The Morgan fingerprint density at radius 1 is 1.53 bits per heavy atom. The van der Waals surface area contributed by atoms with Crippen molar-refractivity contribution in [1.29, 1.82) is 0 Å². The Hall–Kier alpha value is -1.04. The van der Waals surface area contributed by atoms with Crippen molar-refractivity contribution in [2.45, 2.75) is 31.0 Å². The van der Waals surface area contributed by atoms with Gasteiger partial charge in [0.15, 0.2) is 5.69 Å². The molecule has 6 heteroatoms. The fraction of sp³-hybridized carbons (Fsp3) is 0.667. The minimum atomic E-state index is -4.37. The smallest absolute Gasteiger partial charge is 0.325 e. The number of aryl methyl sites for hydroxylation is 1. The van der Waals surface area contributed by atoms with E-state index in [2.05, 4.69) is 5.10 Å². The molecule has 15 heavy (non-hydrogen) atoms. The number of halogens is 3. The first-order valence-corrected chi connectivity index (χ1v) is 4.69. The van der Waals surface area contributed by atoms with Crippen LogP contribution in [-0.4, -0.2) is 15.3 Å². The highest BCUT2D eigenvalue weighted by Crippen LogP contribution is 2.36. The van der Waals surface area contributed by atoms with Crippen LogP contribution in [0.1, 0.15) is 24.2 Å². The van der Waals surface area contributed by atoms with Gasteiger partial charge in [0.1, 0.15) is 0 Å². The van der Waals surface area contributed by atoms with Gasteiger partial charge in [0.2, 0.25) is 0 Å². The highest BCUT2D eigenvalue weighted by Gasteiger charge is 2.40. The van der Waals surface area contributed by atoms with Crippen molar-refractivity contribution in [3.05, 3.63) is 17.5 Å². The third-order valence-corrected chi connectivity index (χ3v) is 2.69. The molecule has 0 amide bonds. The Bertz CT molecular complexity index is 376. The van der Waals surface area contributed by atoms with Crippen molar-refractivity contribution >= 4 is 0 Å². The number of hydrogen-bond donors (Lipinski definition) is 1. The predicted octanol–water partition coefficient (Wildman–Crippen LogP) is 1.47. The summed E-state index contributed by atoms with van der Waals surface area (Å²) in [6, 6.07) is 1.08. The fourth-order valence-corrected chi connectivity index (χ4v) is 1.51. The second-order valence-corrected chi connectivity index (χ2v) is 4.18. The van der Waals surface area contributed by atoms with Crippen molar-refractivity contribution in [1.82, 2.24) is 9.78 Å². The van der Waals surface area contributed by atoms with Crippen LogP contribution >= 0.6 is 0 Å². The zero-order valence-corrected chi connectivity index (χ0v) is 8.30. The Labute approximate surface area is 85.1 Å². The fourth-order valence-electron chi connectivity index (χ4n) is 1.51. The lowest BCUT2D eigenvalue weighted by molar-refractivity contribution is -0.141. The molecule has 0 unspecified atom stereocenters. The summed E-state index contributed by atoms with van der Waals surface area (Å²) in [4.78, 5) is 0. The van der Waals surface area contributed by atoms with Crippen LogP contribution < -0.4 is 5.73 Å². The summed E-state index contributed by atoms with van der Waals surface area (Å²) in [5.74, 6) is 0. The van der Waals surface area contributed by atoms with Gasteiger partial charge in [-0.3, -0.25) is 4.68 Å². The summed E-state index contributed by atoms with van der Waals surface area (Å²) in [5, 5.41) is 3.43. The molecule has 0 aromatic carbocycles. The number of hydrogen-bond acceptors (Lipinski definition) is 2. The number of alkyl halides is 3. The lowest BCUT2D eigenvalue weighted by Crippen LogP contribution is -2.25. The largest absolute Gasteiger partial charge is 0.435 e. The third kappa shape index (κ3) is 2.14. The summed E-state index contributed by atoms with van der Waals surface area (Å²) >= 11 is 0. The van der Waals surface area contributed by atoms with Crippen molar-refractivity contribution in [3.8, 4) is 0 Å². The quantitative estimate of drug-likeness (QED) is 0.818. The molecule has 1 aromatic rings. The first-order valence-electron chi connectivity index (χ1n) is 4.69. The van der Waals surface area contributed by atoms with E-state index in [0.717, 1.165) is 18.9 Å². The number of nitrogens with two attached hydrogens (primary N) is 1. The van der Waals surface area contributed by atoms with E-state index in [4.69, 9.17) is 5.73 Å². The topological polar surface area (TPSA) is 43.8 Å². The Morgan fingerprint density at radius 3 is 2.53 bits per heavy atom. The van der Waals surface area contributed by atoms with Gasteiger partial charge in [0.05, 0.1) is 0 Å². The molecule has 0 radical (unpaired) electrons. The summed E-state index contributed by atoms with van der Waals surface area (Å²) in [7, 11) is 1.51. The molecule has 1 aromatic heterocycles. The number of rotatable bonds is 2. The summed E-state index contributed by atoms with van der Waals surface area (Å²) in [5.41, 5.74) is 5.25. The maximum absolute atomic E-state index is 12.3. The second-order valence-electron chi connectivity index (χ2n) is 4.18. The maximum Gasteiger partial charge on any atom is 0.435 e. The molecule has 2 rings (SSSR count). The molecule has 1 fully saturated rings. The van der Waals surface area contributed by atoms with E-state index >= 15 is 0 Å². The summed E-state index contributed by atoms with van der Waals surface area (Å²) < 4.78 is 38.2. The maximum atomic E-state index is 12.3. The molecule has 1 saturated carbocycles. The van der Waals surface area contributed by atoms with E-state index in [1.807, 2.05) is 0 Å². The first-order chi connectivity index (χ1) is 6.80. The molecule has 0 saturated heterocycles. The molecule has 1 aliphatic carbocycles. The van der Waals surface area contributed by atoms with Gasteiger partial charge in [-0.25, -0.2) is 0 Å². The summed E-state index contributed by atoms with van der Waals surface area (Å²) in [6.45, 7) is 0. The van der Waals surface area contributed by atoms with Gasteiger partial charge in [0.25, 0.3) is 0 Å². The Balaban J connectivity index is 2.22. The van der Waals surface area contributed by atoms with Gasteiger partial charge in [-0.2, -0.15) is 18.3 Å². The normalized spacial score (nSPS) is 19.3. The lowest BCUT2D eigenvalue weighted by atomic mass is 10.1. The molecule has 0 atom stereocenters. The van der Waals surface area contributed by atoms with Crippen LogP contribution in [-0.2, 0) is 19.6 Å². The molecule has 0 spiro atoms. The van der Waals surface area contributed by atoms with Gasteiger partial charge in [0, 0.05) is 24.7 Å². The van der Waals surface area contributed by atoms with Crippen LogP contribution in [0.15, 0.2) is 6.07 Å². The van der Waals surface area contributed by atoms with E-state index < -0.39 is 11.9 Å². The van der Waals surface area contributed by atoms with Gasteiger partial charge in [-0.15, -0.1) is 0 Å². The highest BCUT2D eigenvalue weighted by molar-refractivity contribution is 5.18. The Morgan fingerprint density at radius 2 is 2.13 bits per heavy atom. The van der Waals surface area contributed by atoms with Crippen LogP contribution in [0.4, 0.5) is 13.2 Å². The minimum absolute atomic E-state index is 0.295. The number of aromatic nitrogens is 2. The van der Waals surface area contributed by atoms with Crippen LogP contribution in [0.3, 0.4) is 0 Å². The average Bonchev–Trinajstić information content (AvgIpc) is 2.67. The molecule has 1 heterocycles. The summed E-state index contributed by atoms with van der Waals surface area (Å²) in [6.07, 6.45) is -2.16. The molecular formula is C9H12F3N3. The zero-order valence-electron chi connectivity index (χ0n) is 8.30. The highest BCUT2D eigenvalue weighted by atomic mass is 19.4. The number of nitrogens with zero attached hydrogens (tertiary/aromatic N) is 2. The van der Waals surface area contributed by atoms with Gasteiger partial charge >= 0.3 is 6.18 Å². The van der Waals surface area contributed by atoms with E-state index in [9.17, 15) is 13.2 Å². The van der Waals surface area contributed by atoms with Gasteiger partial charge in [-0.1, -0.05) is 0 Å². The molecular weight excluding hydrogens is 207 g/mol. The SMILES string of the molecule is Cn1nc(C(F)(F)F)cc1CC1(N)CC1. The molecule has 0 aliphatic heterocycles. The molecule has 0 bridgehead atoms. The first kappa shape index (κ1) is 10.5. The zero-order chi connectivity index (χ0) is 11.3. The Kier molecular flexibility index (Phi) is 2.08. The third-order valence-electron chi connectivity index (χ3n) is 2.69. The van der Waals surface area contributed by atoms with Crippen molar-refractivity contribution in [3.63, 3.8) is 0 Å². The monoisotopic (exact) mass is 219 g/mol. The van der Waals surface area contributed by atoms with Crippen LogP contribution in [0.25, 0.3) is 0 Å². The van der Waals surface area contributed by atoms with Crippen molar-refractivity contribution in [2.24, 2.45) is 12.8 Å². The van der Waals surface area contributed by atoms with Crippen LogP contribution in [0.2, 0.25) is 0 Å². The van der Waals surface area contributed by atoms with Crippen LogP contribution in [0.5, 0.6) is 0 Å². The predicted molar refractivity (Wildman–Crippen MR) is 48.1 cm³/mol. The lowest BCUT2D eigenvalue weighted by Gasteiger charge is -2.07. The van der Waals surface area contributed by atoms with Crippen molar-refractivity contribution < 1.29 is 13.2 Å². The van der Waals surface area contributed by atoms with Gasteiger partial charge < -0.3 is 5.73 Å².